The number of aliphatic imine (C=N–C) groups is 2. The van der Waals surface area contributed by atoms with Gasteiger partial charge in [-0.1, -0.05) is 12.8 Å². The van der Waals surface area contributed by atoms with Crippen molar-refractivity contribution in [3.05, 3.63) is 0 Å². The lowest BCUT2D eigenvalue weighted by molar-refractivity contribution is 0.340. The lowest BCUT2D eigenvalue weighted by Crippen LogP contribution is -2.49. The van der Waals surface area contributed by atoms with Crippen molar-refractivity contribution in [1.29, 1.82) is 0 Å². The number of hydrogen-bond acceptors (Lipinski definition) is 3. The molecule has 0 aromatic carbocycles. The highest BCUT2D eigenvalue weighted by Gasteiger charge is 2.38. The summed E-state index contributed by atoms with van der Waals surface area (Å²) in [6, 6.07) is 0.193. The van der Waals surface area contributed by atoms with Crippen LogP contribution in [0.15, 0.2) is 9.98 Å². The molecule has 0 amide bonds. The van der Waals surface area contributed by atoms with Gasteiger partial charge in [-0.3, -0.25) is 4.99 Å². The van der Waals surface area contributed by atoms with Crippen molar-refractivity contribution < 1.29 is 0 Å². The molecule has 2 rings (SSSR count). The second kappa shape index (κ2) is 2.41. The van der Waals surface area contributed by atoms with Gasteiger partial charge in [-0.05, 0) is 12.8 Å². The van der Waals surface area contributed by atoms with Gasteiger partial charge in [0.2, 0.25) is 0 Å². The molecule has 3 heteroatoms. The molecule has 0 saturated heterocycles. The number of rotatable bonds is 0. The molecule has 3 nitrogen and oxygen atoms in total. The Labute approximate surface area is 66.4 Å². The van der Waals surface area contributed by atoms with Crippen molar-refractivity contribution in [1.82, 2.24) is 0 Å². The minimum absolute atomic E-state index is 0.113. The fourth-order valence-corrected chi connectivity index (χ4v) is 1.86. The third-order valence-electron chi connectivity index (χ3n) is 2.65. The molecule has 1 heterocycles. The van der Waals surface area contributed by atoms with E-state index in [1.807, 2.05) is 6.21 Å². The highest BCUT2D eigenvalue weighted by atomic mass is 15.0. The maximum atomic E-state index is 5.97. The Bertz CT molecular complexity index is 195. The first-order valence-corrected chi connectivity index (χ1v) is 4.17. The van der Waals surface area contributed by atoms with Gasteiger partial charge in [-0.2, -0.15) is 0 Å². The van der Waals surface area contributed by atoms with Gasteiger partial charge in [0.1, 0.15) is 11.9 Å². The van der Waals surface area contributed by atoms with Gasteiger partial charge in [0.05, 0.1) is 0 Å². The largest absolute Gasteiger partial charge is 0.325 e. The maximum absolute atomic E-state index is 5.97. The van der Waals surface area contributed by atoms with Crippen LogP contribution in [0.25, 0.3) is 0 Å². The molecule has 1 saturated carbocycles. The smallest absolute Gasteiger partial charge is 0.113 e. The van der Waals surface area contributed by atoms with Crippen LogP contribution in [0, 0.1) is 0 Å². The van der Waals surface area contributed by atoms with Crippen LogP contribution in [-0.4, -0.2) is 24.1 Å². The van der Waals surface area contributed by atoms with E-state index in [1.165, 1.54) is 12.8 Å². The van der Waals surface area contributed by atoms with Crippen LogP contribution in [0.4, 0.5) is 0 Å². The minimum atomic E-state index is -0.113. The van der Waals surface area contributed by atoms with Crippen molar-refractivity contribution >= 4 is 12.6 Å². The molecule has 1 aliphatic heterocycles. The molecule has 0 aromatic rings. The summed E-state index contributed by atoms with van der Waals surface area (Å²) in [7, 11) is 0. The van der Waals surface area contributed by atoms with Crippen molar-refractivity contribution in [3.8, 4) is 0 Å². The van der Waals surface area contributed by atoms with Gasteiger partial charge >= 0.3 is 0 Å². The van der Waals surface area contributed by atoms with Gasteiger partial charge in [-0.15, -0.1) is 0 Å². The lowest BCUT2D eigenvalue weighted by atomic mass is 9.79. The third kappa shape index (κ3) is 0.997. The molecule has 11 heavy (non-hydrogen) atoms. The summed E-state index contributed by atoms with van der Waals surface area (Å²) in [5.74, 6) is 0. The summed E-state index contributed by atoms with van der Waals surface area (Å²) < 4.78 is 0. The van der Waals surface area contributed by atoms with E-state index in [0.717, 1.165) is 12.8 Å². The third-order valence-corrected chi connectivity index (χ3v) is 2.65. The monoisotopic (exact) mass is 151 g/mol. The molecule has 0 radical (unpaired) electrons. The van der Waals surface area contributed by atoms with Gasteiger partial charge < -0.3 is 5.73 Å². The molecular formula is C8H13N3. The number of nitrogens with zero attached hydrogens (tertiary/aromatic N) is 2. The molecule has 0 unspecified atom stereocenters. The molecule has 60 valence electrons. The summed E-state index contributed by atoms with van der Waals surface area (Å²) in [5.41, 5.74) is 5.86. The average molecular weight is 151 g/mol. The topological polar surface area (TPSA) is 50.7 Å². The van der Waals surface area contributed by atoms with Crippen LogP contribution in [0.3, 0.4) is 0 Å². The Morgan fingerprint density at radius 3 is 3.00 bits per heavy atom. The van der Waals surface area contributed by atoms with Crippen LogP contribution in [0.1, 0.15) is 25.7 Å². The molecule has 2 N–H and O–H groups in total. The molecule has 2 aliphatic rings. The van der Waals surface area contributed by atoms with Crippen LogP contribution < -0.4 is 5.73 Å². The van der Waals surface area contributed by atoms with Gasteiger partial charge in [0, 0.05) is 12.3 Å². The molecule has 1 aliphatic carbocycles. The molecular weight excluding hydrogens is 138 g/mol. The van der Waals surface area contributed by atoms with E-state index in [4.69, 9.17) is 5.73 Å². The van der Waals surface area contributed by atoms with Crippen molar-refractivity contribution in [2.24, 2.45) is 15.7 Å². The Morgan fingerprint density at radius 2 is 2.36 bits per heavy atom. The van der Waals surface area contributed by atoms with Gasteiger partial charge in [0.15, 0.2) is 0 Å². The zero-order valence-electron chi connectivity index (χ0n) is 6.53. The van der Waals surface area contributed by atoms with Crippen molar-refractivity contribution in [2.45, 2.75) is 37.3 Å². The summed E-state index contributed by atoms with van der Waals surface area (Å²) in [6.07, 6.45) is 8.18. The Hall–Kier alpha value is -0.700. The summed E-state index contributed by atoms with van der Waals surface area (Å²) in [6.45, 7) is 0. The van der Waals surface area contributed by atoms with Crippen molar-refractivity contribution in [2.75, 3.05) is 0 Å². The lowest BCUT2D eigenvalue weighted by Gasteiger charge is -2.33. The van der Waals surface area contributed by atoms with Crippen LogP contribution in [-0.2, 0) is 0 Å². The van der Waals surface area contributed by atoms with Crippen molar-refractivity contribution in [3.63, 3.8) is 0 Å². The Kier molecular flexibility index (Phi) is 1.53. The first kappa shape index (κ1) is 6.98. The summed E-state index contributed by atoms with van der Waals surface area (Å²) >= 11 is 0. The van der Waals surface area contributed by atoms with Crippen LogP contribution >= 0.6 is 0 Å². The van der Waals surface area contributed by atoms with Gasteiger partial charge in [0.25, 0.3) is 0 Å². The zero-order chi connectivity index (χ0) is 7.73. The molecule has 1 fully saturated rings. The summed E-state index contributed by atoms with van der Waals surface area (Å²) in [4.78, 5) is 8.35. The minimum Gasteiger partial charge on any atom is -0.325 e. The molecule has 1 spiro atoms. The summed E-state index contributed by atoms with van der Waals surface area (Å²) in [5, 5.41) is 0. The number of hydrogen-bond donors (Lipinski definition) is 1. The molecule has 2 atom stereocenters. The fraction of sp³-hybridized carbons (Fsp3) is 0.750. The second-order valence-electron chi connectivity index (χ2n) is 3.37. The fourth-order valence-electron chi connectivity index (χ4n) is 1.86. The SMILES string of the molecule is N[C@H]1CCCC[C@@]12C=NC=N2. The first-order valence-electron chi connectivity index (χ1n) is 4.17. The van der Waals surface area contributed by atoms with E-state index >= 15 is 0 Å². The average Bonchev–Trinajstić information content (AvgIpc) is 2.46. The van der Waals surface area contributed by atoms with E-state index in [9.17, 15) is 0 Å². The predicted octanol–water partition coefficient (Wildman–Crippen LogP) is 0.739. The Balaban J connectivity index is 2.21. The van der Waals surface area contributed by atoms with E-state index in [2.05, 4.69) is 9.98 Å². The van der Waals surface area contributed by atoms with E-state index in [-0.39, 0.29) is 11.6 Å². The second-order valence-corrected chi connectivity index (χ2v) is 3.37. The molecule has 0 aromatic heterocycles. The van der Waals surface area contributed by atoms with E-state index < -0.39 is 0 Å². The highest BCUT2D eigenvalue weighted by Crippen LogP contribution is 2.30. The first-order chi connectivity index (χ1) is 5.33. The quantitative estimate of drug-likeness (QED) is 0.545. The van der Waals surface area contributed by atoms with E-state index in [1.54, 1.807) is 6.34 Å². The maximum Gasteiger partial charge on any atom is 0.113 e. The predicted molar refractivity (Wildman–Crippen MR) is 46.2 cm³/mol. The normalized spacial score (nSPS) is 42.1. The van der Waals surface area contributed by atoms with Crippen LogP contribution in [0.2, 0.25) is 0 Å². The van der Waals surface area contributed by atoms with Crippen LogP contribution in [0.5, 0.6) is 0 Å². The highest BCUT2D eigenvalue weighted by molar-refractivity contribution is 5.86. The standard InChI is InChI=1S/C8H13N3/c9-7-3-1-2-4-8(7)5-10-6-11-8/h5-7H,1-4,9H2/t7-,8+/m0/s1. The molecule has 0 bridgehead atoms. The number of nitrogens with two attached hydrogens (primary N) is 1. The Morgan fingerprint density at radius 1 is 1.45 bits per heavy atom. The zero-order valence-corrected chi connectivity index (χ0v) is 6.53. The van der Waals surface area contributed by atoms with E-state index in [0.29, 0.717) is 0 Å². The van der Waals surface area contributed by atoms with Gasteiger partial charge in [-0.25, -0.2) is 4.99 Å².